The number of halogens is 1. The van der Waals surface area contributed by atoms with Crippen molar-refractivity contribution in [1.29, 1.82) is 0 Å². The lowest BCUT2D eigenvalue weighted by atomic mass is 10.2. The quantitative estimate of drug-likeness (QED) is 0.542. The SMILES string of the molecule is Cn1c(=O)oc2cc(S(=O)(=O)Nc3nc(-c4ccccc4)cs3)c(Cl)cc21. The lowest BCUT2D eigenvalue weighted by Gasteiger charge is -2.07. The fourth-order valence-corrected chi connectivity index (χ4v) is 5.08. The minimum atomic E-state index is -4.01. The summed E-state index contributed by atoms with van der Waals surface area (Å²) >= 11 is 7.30. The lowest BCUT2D eigenvalue weighted by molar-refractivity contribution is 0.527. The van der Waals surface area contributed by atoms with Crippen molar-refractivity contribution in [2.75, 3.05) is 4.72 Å². The standard InChI is InChI=1S/C17H12ClN3O4S2/c1-21-13-7-11(18)15(8-14(13)25-17(21)22)27(23,24)20-16-19-12(9-26-16)10-5-3-2-4-6-10/h2-9H,1H3,(H,19,20). The van der Waals surface area contributed by atoms with Gasteiger partial charge in [0.15, 0.2) is 10.7 Å². The number of nitrogens with zero attached hydrogens (tertiary/aromatic N) is 2. The van der Waals surface area contributed by atoms with Crippen LogP contribution in [0.3, 0.4) is 0 Å². The molecule has 7 nitrogen and oxygen atoms in total. The van der Waals surface area contributed by atoms with E-state index in [1.165, 1.54) is 23.7 Å². The van der Waals surface area contributed by atoms with E-state index in [1.807, 2.05) is 30.3 Å². The van der Waals surface area contributed by atoms with Gasteiger partial charge in [0, 0.05) is 24.1 Å². The summed E-state index contributed by atoms with van der Waals surface area (Å²) in [7, 11) is -2.50. The van der Waals surface area contributed by atoms with Crippen LogP contribution in [0, 0.1) is 0 Å². The number of aryl methyl sites for hydroxylation is 1. The maximum absolute atomic E-state index is 12.7. The van der Waals surface area contributed by atoms with Gasteiger partial charge >= 0.3 is 5.76 Å². The van der Waals surface area contributed by atoms with Gasteiger partial charge in [0.1, 0.15) is 4.90 Å². The van der Waals surface area contributed by atoms with Crippen LogP contribution in [0.25, 0.3) is 22.4 Å². The Balaban J connectivity index is 1.70. The van der Waals surface area contributed by atoms with E-state index in [4.69, 9.17) is 16.0 Å². The lowest BCUT2D eigenvalue weighted by Crippen LogP contribution is -2.13. The number of nitrogens with one attached hydrogen (secondary N) is 1. The molecule has 0 saturated heterocycles. The number of thiazole rings is 1. The van der Waals surface area contributed by atoms with E-state index in [0.717, 1.165) is 16.9 Å². The molecule has 2 heterocycles. The van der Waals surface area contributed by atoms with Crippen LogP contribution < -0.4 is 10.5 Å². The van der Waals surface area contributed by atoms with E-state index in [-0.39, 0.29) is 20.6 Å². The maximum Gasteiger partial charge on any atom is 0.419 e. The Morgan fingerprint density at radius 3 is 2.70 bits per heavy atom. The first-order valence-electron chi connectivity index (χ1n) is 7.68. The van der Waals surface area contributed by atoms with Gasteiger partial charge in [-0.3, -0.25) is 9.29 Å². The van der Waals surface area contributed by atoms with Crippen LogP contribution >= 0.6 is 22.9 Å². The molecule has 0 atom stereocenters. The number of anilines is 1. The molecule has 27 heavy (non-hydrogen) atoms. The fourth-order valence-electron chi connectivity index (χ4n) is 2.57. The Morgan fingerprint density at radius 1 is 1.22 bits per heavy atom. The Labute approximate surface area is 162 Å². The topological polar surface area (TPSA) is 94.2 Å². The third-order valence-corrected chi connectivity index (χ3v) is 6.62. The van der Waals surface area contributed by atoms with Crippen LogP contribution in [0.1, 0.15) is 0 Å². The summed E-state index contributed by atoms with van der Waals surface area (Å²) in [4.78, 5) is 15.7. The molecule has 0 saturated carbocycles. The highest BCUT2D eigenvalue weighted by molar-refractivity contribution is 7.93. The molecule has 2 aromatic carbocycles. The van der Waals surface area contributed by atoms with Gasteiger partial charge < -0.3 is 4.42 Å². The Kier molecular flexibility index (Phi) is 4.29. The van der Waals surface area contributed by atoms with E-state index >= 15 is 0 Å². The van der Waals surface area contributed by atoms with Gasteiger partial charge in [-0.2, -0.15) is 0 Å². The van der Waals surface area contributed by atoms with Gasteiger partial charge in [-0.1, -0.05) is 41.9 Å². The zero-order valence-corrected chi connectivity index (χ0v) is 16.2. The van der Waals surface area contributed by atoms with Crippen molar-refractivity contribution in [2.45, 2.75) is 4.90 Å². The summed E-state index contributed by atoms with van der Waals surface area (Å²) in [5.41, 5.74) is 2.08. The average Bonchev–Trinajstić information content (AvgIpc) is 3.20. The first kappa shape index (κ1) is 17.8. The van der Waals surface area contributed by atoms with E-state index in [2.05, 4.69) is 9.71 Å². The molecule has 0 spiro atoms. The Hall–Kier alpha value is -2.62. The minimum Gasteiger partial charge on any atom is -0.408 e. The second-order valence-corrected chi connectivity index (χ2v) is 8.60. The highest BCUT2D eigenvalue weighted by Crippen LogP contribution is 2.30. The predicted molar refractivity (Wildman–Crippen MR) is 105 cm³/mol. The Bertz CT molecular complexity index is 1310. The second kappa shape index (κ2) is 6.52. The molecule has 4 rings (SSSR count). The summed E-state index contributed by atoms with van der Waals surface area (Å²) in [6.07, 6.45) is 0. The third kappa shape index (κ3) is 3.25. The zero-order chi connectivity index (χ0) is 19.2. The number of rotatable bonds is 4. The highest BCUT2D eigenvalue weighted by Gasteiger charge is 2.22. The molecule has 0 unspecified atom stereocenters. The van der Waals surface area contributed by atoms with Crippen molar-refractivity contribution in [3.05, 3.63) is 63.4 Å². The van der Waals surface area contributed by atoms with Gasteiger partial charge in [-0.15, -0.1) is 11.3 Å². The van der Waals surface area contributed by atoms with Crippen LogP contribution in [0.15, 0.2) is 62.0 Å². The van der Waals surface area contributed by atoms with Crippen molar-refractivity contribution in [3.63, 3.8) is 0 Å². The van der Waals surface area contributed by atoms with Crippen LogP contribution in [-0.2, 0) is 17.1 Å². The summed E-state index contributed by atoms with van der Waals surface area (Å²) in [6, 6.07) is 12.0. The number of aromatic nitrogens is 2. The monoisotopic (exact) mass is 421 g/mol. The molecule has 2 aromatic heterocycles. The van der Waals surface area contributed by atoms with Gasteiger partial charge in [-0.25, -0.2) is 18.2 Å². The van der Waals surface area contributed by atoms with Gasteiger partial charge in [-0.05, 0) is 6.07 Å². The van der Waals surface area contributed by atoms with E-state index in [9.17, 15) is 13.2 Å². The van der Waals surface area contributed by atoms with Gasteiger partial charge in [0.25, 0.3) is 10.0 Å². The third-order valence-electron chi connectivity index (χ3n) is 3.93. The van der Waals surface area contributed by atoms with E-state index in [0.29, 0.717) is 11.2 Å². The molecule has 4 aromatic rings. The highest BCUT2D eigenvalue weighted by atomic mass is 35.5. The number of hydrogen-bond acceptors (Lipinski definition) is 6. The molecule has 138 valence electrons. The van der Waals surface area contributed by atoms with Crippen LogP contribution in [-0.4, -0.2) is 18.0 Å². The summed E-state index contributed by atoms with van der Waals surface area (Å²) < 4.78 is 34.2. The molecular formula is C17H12ClN3O4S2. The van der Waals surface area contributed by atoms with Crippen LogP contribution in [0.2, 0.25) is 5.02 Å². The number of benzene rings is 2. The van der Waals surface area contributed by atoms with Crippen LogP contribution in [0.4, 0.5) is 5.13 Å². The molecule has 0 aliphatic heterocycles. The summed E-state index contributed by atoms with van der Waals surface area (Å²) in [5, 5.41) is 1.94. The number of sulfonamides is 1. The molecule has 0 aliphatic rings. The molecule has 0 bridgehead atoms. The smallest absolute Gasteiger partial charge is 0.408 e. The molecule has 1 N–H and O–H groups in total. The normalized spacial score (nSPS) is 11.8. The first-order valence-corrected chi connectivity index (χ1v) is 10.4. The largest absolute Gasteiger partial charge is 0.419 e. The zero-order valence-electron chi connectivity index (χ0n) is 13.8. The number of oxazole rings is 1. The first-order chi connectivity index (χ1) is 12.8. The molecule has 0 aliphatic carbocycles. The summed E-state index contributed by atoms with van der Waals surface area (Å²) in [5.74, 6) is -0.601. The molecule has 0 radical (unpaired) electrons. The van der Waals surface area contributed by atoms with E-state index in [1.54, 1.807) is 5.38 Å². The number of hydrogen-bond donors (Lipinski definition) is 1. The Morgan fingerprint density at radius 2 is 1.96 bits per heavy atom. The van der Waals surface area contributed by atoms with Crippen molar-refractivity contribution in [2.24, 2.45) is 7.05 Å². The molecular weight excluding hydrogens is 410 g/mol. The van der Waals surface area contributed by atoms with Crippen LogP contribution in [0.5, 0.6) is 0 Å². The van der Waals surface area contributed by atoms with Crippen molar-refractivity contribution in [3.8, 4) is 11.3 Å². The van der Waals surface area contributed by atoms with E-state index < -0.39 is 15.8 Å². The average molecular weight is 422 g/mol. The molecule has 0 amide bonds. The predicted octanol–water partition coefficient (Wildman–Crippen LogP) is 3.71. The minimum absolute atomic E-state index is 0.0220. The van der Waals surface area contributed by atoms with Crippen molar-refractivity contribution < 1.29 is 12.8 Å². The molecule has 0 fully saturated rings. The fraction of sp³-hybridized carbons (Fsp3) is 0.0588. The van der Waals surface area contributed by atoms with Gasteiger partial charge in [0.2, 0.25) is 0 Å². The van der Waals surface area contributed by atoms with Crippen molar-refractivity contribution >= 4 is 49.2 Å². The molecule has 10 heteroatoms. The maximum atomic E-state index is 12.7. The van der Waals surface area contributed by atoms with Gasteiger partial charge in [0.05, 0.1) is 16.2 Å². The summed E-state index contributed by atoms with van der Waals surface area (Å²) in [6.45, 7) is 0. The second-order valence-electron chi connectivity index (χ2n) is 5.69. The number of fused-ring (bicyclic) bond motifs is 1. The van der Waals surface area contributed by atoms with Crippen molar-refractivity contribution in [1.82, 2.24) is 9.55 Å².